The van der Waals surface area contributed by atoms with Crippen molar-refractivity contribution in [3.8, 4) is 0 Å². The molecule has 0 bridgehead atoms. The van der Waals surface area contributed by atoms with E-state index in [1.807, 2.05) is 0 Å². The van der Waals surface area contributed by atoms with Gasteiger partial charge in [-0.25, -0.2) is 8.42 Å². The van der Waals surface area contributed by atoms with Crippen LogP contribution in [-0.4, -0.2) is 31.7 Å². The fourth-order valence-electron chi connectivity index (χ4n) is 1.67. The van der Waals surface area contributed by atoms with E-state index in [0.29, 0.717) is 25.1 Å². The van der Waals surface area contributed by atoms with Gasteiger partial charge < -0.3 is 5.11 Å². The Morgan fingerprint density at radius 3 is 2.12 bits per heavy atom. The normalized spacial score (nSPS) is 15.8. The number of sulfonamides is 1. The Balaban J connectivity index is 3.27. The Hall–Kier alpha value is -1.82. The monoisotopic (exact) mass is 379 g/mol. The molecule has 0 heterocycles. The molecule has 12 heteroatoms. The SMILES string of the molecule is C[C@@H](C(=O)O)[C@@H](NS(=O)(=O)c1cccc(C(F)(F)F)c1)C(F)(F)F. The number of nitrogens with one attached hydrogen (secondary N) is 1. The number of rotatable bonds is 5. The summed E-state index contributed by atoms with van der Waals surface area (Å²) < 4.78 is 101. The van der Waals surface area contributed by atoms with E-state index in [4.69, 9.17) is 5.11 Å². The van der Waals surface area contributed by atoms with Gasteiger partial charge in [-0.05, 0) is 18.2 Å². The van der Waals surface area contributed by atoms with Crippen LogP contribution >= 0.6 is 0 Å². The first-order chi connectivity index (χ1) is 10.7. The number of benzene rings is 1. The van der Waals surface area contributed by atoms with Gasteiger partial charge in [-0.2, -0.15) is 31.1 Å². The maximum Gasteiger partial charge on any atom is 0.416 e. The van der Waals surface area contributed by atoms with E-state index < -0.39 is 50.8 Å². The van der Waals surface area contributed by atoms with Crippen LogP contribution in [0.5, 0.6) is 0 Å². The zero-order valence-electron chi connectivity index (χ0n) is 11.8. The summed E-state index contributed by atoms with van der Waals surface area (Å²) in [5.41, 5.74) is -1.37. The summed E-state index contributed by atoms with van der Waals surface area (Å²) in [5.74, 6) is -4.12. The van der Waals surface area contributed by atoms with Gasteiger partial charge in [-0.15, -0.1) is 0 Å². The van der Waals surface area contributed by atoms with Crippen LogP contribution in [0.15, 0.2) is 29.2 Å². The predicted octanol–water partition coefficient (Wildman–Crippen LogP) is 2.64. The molecule has 0 aliphatic rings. The summed E-state index contributed by atoms with van der Waals surface area (Å²) in [6, 6.07) is -0.937. The molecule has 5 nitrogen and oxygen atoms in total. The van der Waals surface area contributed by atoms with Crippen LogP contribution in [0.2, 0.25) is 0 Å². The van der Waals surface area contributed by atoms with E-state index in [-0.39, 0.29) is 6.07 Å². The molecule has 0 saturated heterocycles. The third kappa shape index (κ3) is 4.84. The van der Waals surface area contributed by atoms with Gasteiger partial charge in [-0.3, -0.25) is 4.79 Å². The van der Waals surface area contributed by atoms with Crippen molar-refractivity contribution in [1.82, 2.24) is 4.72 Å². The Kier molecular flexibility index (Phi) is 5.55. The molecular formula is C12H11F6NO4S. The zero-order chi connectivity index (χ0) is 18.9. The van der Waals surface area contributed by atoms with Crippen LogP contribution in [0.1, 0.15) is 12.5 Å². The lowest BCUT2D eigenvalue weighted by Crippen LogP contribution is -2.51. The van der Waals surface area contributed by atoms with Gasteiger partial charge in [0.05, 0.1) is 16.4 Å². The van der Waals surface area contributed by atoms with Crippen LogP contribution < -0.4 is 4.72 Å². The molecule has 2 N–H and O–H groups in total. The van der Waals surface area contributed by atoms with E-state index >= 15 is 0 Å². The molecule has 0 amide bonds. The van der Waals surface area contributed by atoms with Gasteiger partial charge in [0.25, 0.3) is 0 Å². The molecule has 0 aliphatic carbocycles. The number of alkyl halides is 6. The molecule has 0 fully saturated rings. The molecule has 136 valence electrons. The molecule has 0 aliphatic heterocycles. The molecule has 0 aromatic heterocycles. The van der Waals surface area contributed by atoms with Crippen molar-refractivity contribution < 1.29 is 44.7 Å². The quantitative estimate of drug-likeness (QED) is 0.771. The highest BCUT2D eigenvalue weighted by Gasteiger charge is 2.48. The molecule has 2 atom stereocenters. The first-order valence-electron chi connectivity index (χ1n) is 6.15. The van der Waals surface area contributed by atoms with E-state index in [2.05, 4.69) is 0 Å². The zero-order valence-corrected chi connectivity index (χ0v) is 12.6. The van der Waals surface area contributed by atoms with Crippen molar-refractivity contribution in [3.05, 3.63) is 29.8 Å². The van der Waals surface area contributed by atoms with Crippen molar-refractivity contribution >= 4 is 16.0 Å². The summed E-state index contributed by atoms with van der Waals surface area (Å²) in [7, 11) is -5.04. The minimum atomic E-state index is -5.26. The summed E-state index contributed by atoms with van der Waals surface area (Å²) in [4.78, 5) is 9.65. The number of hydrogen-bond acceptors (Lipinski definition) is 3. The fourth-order valence-corrected chi connectivity index (χ4v) is 3.02. The molecule has 0 radical (unpaired) electrons. The predicted molar refractivity (Wildman–Crippen MR) is 68.4 cm³/mol. The van der Waals surface area contributed by atoms with Crippen LogP contribution in [-0.2, 0) is 21.0 Å². The average Bonchev–Trinajstić information content (AvgIpc) is 2.42. The maximum atomic E-state index is 12.9. The van der Waals surface area contributed by atoms with E-state index in [0.717, 1.165) is 4.72 Å². The number of aliphatic carboxylic acids is 1. The van der Waals surface area contributed by atoms with Gasteiger partial charge in [0.15, 0.2) is 0 Å². The Bertz CT molecular complexity index is 713. The molecule has 1 aromatic carbocycles. The largest absolute Gasteiger partial charge is 0.481 e. The van der Waals surface area contributed by atoms with Gasteiger partial charge in [0, 0.05) is 0 Å². The molecule has 1 rings (SSSR count). The summed E-state index contributed by atoms with van der Waals surface area (Å²) in [6.45, 7) is 0.620. The third-order valence-corrected chi connectivity index (χ3v) is 4.43. The third-order valence-electron chi connectivity index (χ3n) is 3.00. The number of carboxylic acid groups (broad SMARTS) is 1. The second kappa shape index (κ2) is 6.59. The second-order valence-corrected chi connectivity index (χ2v) is 6.51. The molecule has 0 spiro atoms. The van der Waals surface area contributed by atoms with E-state index in [1.54, 1.807) is 0 Å². The van der Waals surface area contributed by atoms with Crippen molar-refractivity contribution in [1.29, 1.82) is 0 Å². The smallest absolute Gasteiger partial charge is 0.416 e. The van der Waals surface area contributed by atoms with Gasteiger partial charge in [0.2, 0.25) is 10.0 Å². The lowest BCUT2D eigenvalue weighted by Gasteiger charge is -2.24. The summed E-state index contributed by atoms with van der Waals surface area (Å²) in [5, 5.41) is 8.65. The lowest BCUT2D eigenvalue weighted by atomic mass is 10.0. The highest BCUT2D eigenvalue weighted by molar-refractivity contribution is 7.89. The first-order valence-corrected chi connectivity index (χ1v) is 7.63. The second-order valence-electron chi connectivity index (χ2n) is 4.79. The molecule has 1 aromatic rings. The summed E-state index contributed by atoms with van der Waals surface area (Å²) >= 11 is 0. The molecular weight excluding hydrogens is 368 g/mol. The van der Waals surface area contributed by atoms with Crippen LogP contribution in [0.4, 0.5) is 26.3 Å². The van der Waals surface area contributed by atoms with Crippen molar-refractivity contribution in [3.63, 3.8) is 0 Å². The number of carbonyl (C=O) groups is 1. The first kappa shape index (κ1) is 20.2. The fraction of sp³-hybridized carbons (Fsp3) is 0.417. The van der Waals surface area contributed by atoms with Crippen LogP contribution in [0.3, 0.4) is 0 Å². The number of hydrogen-bond donors (Lipinski definition) is 2. The molecule has 24 heavy (non-hydrogen) atoms. The molecule has 0 saturated carbocycles. The highest BCUT2D eigenvalue weighted by Crippen LogP contribution is 2.31. The topological polar surface area (TPSA) is 83.5 Å². The standard InChI is InChI=1S/C12H11F6NO4S/c1-6(10(20)21)9(12(16,17)18)19-24(22,23)8-4-2-3-7(5-8)11(13,14)15/h2-6,9,19H,1H3,(H,20,21)/t6-,9-/m1/s1. The highest BCUT2D eigenvalue weighted by atomic mass is 32.2. The van der Waals surface area contributed by atoms with Gasteiger partial charge >= 0.3 is 18.3 Å². The minimum absolute atomic E-state index is 0.154. The number of halogens is 6. The van der Waals surface area contributed by atoms with Gasteiger partial charge in [0.1, 0.15) is 6.04 Å². The van der Waals surface area contributed by atoms with Crippen molar-refractivity contribution in [2.24, 2.45) is 5.92 Å². The van der Waals surface area contributed by atoms with E-state index in [1.165, 1.54) is 0 Å². The van der Waals surface area contributed by atoms with Crippen LogP contribution in [0, 0.1) is 5.92 Å². The molecule has 0 unspecified atom stereocenters. The van der Waals surface area contributed by atoms with Crippen LogP contribution in [0.25, 0.3) is 0 Å². The van der Waals surface area contributed by atoms with E-state index in [9.17, 15) is 39.6 Å². The summed E-state index contributed by atoms with van der Waals surface area (Å²) in [6.07, 6.45) is -10.2. The van der Waals surface area contributed by atoms with Crippen molar-refractivity contribution in [2.45, 2.75) is 30.2 Å². The van der Waals surface area contributed by atoms with Crippen molar-refractivity contribution in [2.75, 3.05) is 0 Å². The Morgan fingerprint density at radius 2 is 1.71 bits per heavy atom. The number of carboxylic acids is 1. The minimum Gasteiger partial charge on any atom is -0.481 e. The average molecular weight is 379 g/mol. The van der Waals surface area contributed by atoms with Gasteiger partial charge in [-0.1, -0.05) is 13.0 Å². The maximum absolute atomic E-state index is 12.9. The Labute approximate surface area is 132 Å². The Morgan fingerprint density at radius 1 is 1.17 bits per heavy atom. The lowest BCUT2D eigenvalue weighted by molar-refractivity contribution is -0.174.